The monoisotopic (exact) mass is 425 g/mol. The first-order valence-electron chi connectivity index (χ1n) is 11.1. The maximum absolute atomic E-state index is 13.2. The SMILES string of the molecule is NC1(C(=O)N2CC(=O)N(c3cccc(-c4ccccc4)c3)CC2Cc2ccccc2)CC1. The number of amides is 2. The maximum atomic E-state index is 13.2. The summed E-state index contributed by atoms with van der Waals surface area (Å²) in [5.74, 6) is -0.165. The lowest BCUT2D eigenvalue weighted by Gasteiger charge is -2.42. The predicted octanol–water partition coefficient (Wildman–Crippen LogP) is 3.63. The van der Waals surface area contributed by atoms with Gasteiger partial charge in [0.2, 0.25) is 11.8 Å². The van der Waals surface area contributed by atoms with Crippen molar-refractivity contribution in [2.24, 2.45) is 5.73 Å². The van der Waals surface area contributed by atoms with Gasteiger partial charge in [-0.1, -0.05) is 72.8 Å². The molecule has 1 saturated carbocycles. The van der Waals surface area contributed by atoms with E-state index in [1.165, 1.54) is 0 Å². The first kappa shape index (κ1) is 20.5. The second-order valence-corrected chi connectivity index (χ2v) is 8.85. The van der Waals surface area contributed by atoms with E-state index in [1.54, 1.807) is 4.90 Å². The van der Waals surface area contributed by atoms with Gasteiger partial charge in [-0.25, -0.2) is 0 Å². The topological polar surface area (TPSA) is 66.6 Å². The Morgan fingerprint density at radius 2 is 1.56 bits per heavy atom. The number of piperazine rings is 1. The van der Waals surface area contributed by atoms with Gasteiger partial charge in [-0.3, -0.25) is 9.59 Å². The second-order valence-electron chi connectivity index (χ2n) is 8.85. The molecule has 1 saturated heterocycles. The molecule has 1 aliphatic carbocycles. The first-order chi connectivity index (χ1) is 15.5. The van der Waals surface area contributed by atoms with Gasteiger partial charge in [0.15, 0.2) is 0 Å². The van der Waals surface area contributed by atoms with Crippen LogP contribution in [0.1, 0.15) is 18.4 Å². The lowest BCUT2D eigenvalue weighted by molar-refractivity contribution is -0.141. The summed E-state index contributed by atoms with van der Waals surface area (Å²) in [4.78, 5) is 29.9. The van der Waals surface area contributed by atoms with Gasteiger partial charge in [0, 0.05) is 12.2 Å². The lowest BCUT2D eigenvalue weighted by atomic mass is 9.99. The van der Waals surface area contributed by atoms with Gasteiger partial charge in [-0.15, -0.1) is 0 Å². The molecule has 1 unspecified atom stereocenters. The molecule has 32 heavy (non-hydrogen) atoms. The minimum absolute atomic E-state index is 0.0604. The van der Waals surface area contributed by atoms with Crippen LogP contribution in [0.5, 0.6) is 0 Å². The lowest BCUT2D eigenvalue weighted by Crippen LogP contribution is -2.62. The van der Waals surface area contributed by atoms with Gasteiger partial charge in [0.1, 0.15) is 6.54 Å². The average Bonchev–Trinajstić information content (AvgIpc) is 3.59. The number of carbonyl (C=O) groups excluding carboxylic acids is 2. The van der Waals surface area contributed by atoms with Gasteiger partial charge in [-0.05, 0) is 48.1 Å². The molecule has 1 heterocycles. The van der Waals surface area contributed by atoms with E-state index in [0.717, 1.165) is 22.4 Å². The zero-order valence-electron chi connectivity index (χ0n) is 18.0. The van der Waals surface area contributed by atoms with E-state index in [4.69, 9.17) is 5.73 Å². The van der Waals surface area contributed by atoms with Crippen molar-refractivity contribution in [1.29, 1.82) is 0 Å². The number of hydrogen-bond donors (Lipinski definition) is 1. The maximum Gasteiger partial charge on any atom is 0.246 e. The summed E-state index contributed by atoms with van der Waals surface area (Å²) in [6.45, 7) is 0.513. The molecule has 0 radical (unpaired) electrons. The fourth-order valence-electron chi connectivity index (χ4n) is 4.44. The Morgan fingerprint density at radius 3 is 2.25 bits per heavy atom. The van der Waals surface area contributed by atoms with Crippen LogP contribution in [0.2, 0.25) is 0 Å². The molecule has 2 fully saturated rings. The molecule has 0 aromatic heterocycles. The first-order valence-corrected chi connectivity index (χ1v) is 11.1. The molecule has 0 bridgehead atoms. The van der Waals surface area contributed by atoms with Crippen LogP contribution in [0.15, 0.2) is 84.9 Å². The van der Waals surface area contributed by atoms with E-state index in [0.29, 0.717) is 25.8 Å². The van der Waals surface area contributed by atoms with Crippen molar-refractivity contribution in [2.75, 3.05) is 18.0 Å². The molecule has 1 atom stereocenters. The van der Waals surface area contributed by atoms with Crippen LogP contribution in [-0.2, 0) is 16.0 Å². The molecule has 2 aliphatic rings. The van der Waals surface area contributed by atoms with Crippen molar-refractivity contribution < 1.29 is 9.59 Å². The number of nitrogens with zero attached hydrogens (tertiary/aromatic N) is 2. The highest BCUT2D eigenvalue weighted by Gasteiger charge is 2.51. The Labute approximate surface area is 188 Å². The van der Waals surface area contributed by atoms with Crippen LogP contribution in [0, 0.1) is 0 Å². The standard InChI is InChI=1S/C27H27N3O2/c28-27(14-15-27)26(32)30-19-25(31)29(18-24(30)16-20-8-3-1-4-9-20)23-13-7-12-22(17-23)21-10-5-2-6-11-21/h1-13,17,24H,14-16,18-19,28H2. The summed E-state index contributed by atoms with van der Waals surface area (Å²) in [7, 11) is 0. The van der Waals surface area contributed by atoms with Crippen LogP contribution >= 0.6 is 0 Å². The summed E-state index contributed by atoms with van der Waals surface area (Å²) in [5, 5.41) is 0. The number of anilines is 1. The normalized spacial score (nSPS) is 19.7. The predicted molar refractivity (Wildman–Crippen MR) is 126 cm³/mol. The number of benzene rings is 3. The zero-order valence-corrected chi connectivity index (χ0v) is 18.0. The molecule has 5 nitrogen and oxygen atoms in total. The summed E-state index contributed by atoms with van der Waals surface area (Å²) in [5.41, 5.74) is 9.62. The fourth-order valence-corrected chi connectivity index (χ4v) is 4.44. The smallest absolute Gasteiger partial charge is 0.246 e. The third-order valence-corrected chi connectivity index (χ3v) is 6.50. The van der Waals surface area contributed by atoms with Gasteiger partial charge >= 0.3 is 0 Å². The van der Waals surface area contributed by atoms with Gasteiger partial charge in [0.05, 0.1) is 11.6 Å². The third kappa shape index (κ3) is 4.04. The molecule has 2 N–H and O–H groups in total. The van der Waals surface area contributed by atoms with E-state index in [-0.39, 0.29) is 24.4 Å². The number of hydrogen-bond acceptors (Lipinski definition) is 3. The van der Waals surface area contributed by atoms with E-state index >= 15 is 0 Å². The van der Waals surface area contributed by atoms with Crippen LogP contribution in [0.4, 0.5) is 5.69 Å². The van der Waals surface area contributed by atoms with Gasteiger partial charge in [0.25, 0.3) is 0 Å². The highest BCUT2D eigenvalue weighted by Crippen LogP contribution is 2.36. The van der Waals surface area contributed by atoms with Crippen molar-refractivity contribution in [2.45, 2.75) is 30.8 Å². The quantitative estimate of drug-likeness (QED) is 0.679. The van der Waals surface area contributed by atoms with Crippen molar-refractivity contribution in [1.82, 2.24) is 4.90 Å². The number of carbonyl (C=O) groups is 2. The number of rotatable bonds is 5. The van der Waals surface area contributed by atoms with E-state index in [2.05, 4.69) is 36.4 Å². The fraction of sp³-hybridized carbons (Fsp3) is 0.259. The van der Waals surface area contributed by atoms with Crippen LogP contribution in [-0.4, -0.2) is 41.4 Å². The van der Waals surface area contributed by atoms with Crippen LogP contribution in [0.25, 0.3) is 11.1 Å². The molecule has 3 aromatic carbocycles. The molecule has 162 valence electrons. The molecular formula is C27H27N3O2. The third-order valence-electron chi connectivity index (χ3n) is 6.50. The Kier molecular flexibility index (Phi) is 5.27. The zero-order chi connectivity index (χ0) is 22.1. The minimum Gasteiger partial charge on any atom is -0.327 e. The molecule has 0 spiro atoms. The largest absolute Gasteiger partial charge is 0.327 e. The highest BCUT2D eigenvalue weighted by molar-refractivity contribution is 6.00. The molecule has 5 rings (SSSR count). The van der Waals surface area contributed by atoms with Gasteiger partial charge < -0.3 is 15.5 Å². The van der Waals surface area contributed by atoms with E-state index in [1.807, 2.05) is 53.4 Å². The van der Waals surface area contributed by atoms with E-state index < -0.39 is 5.54 Å². The van der Waals surface area contributed by atoms with Crippen molar-refractivity contribution in [3.05, 3.63) is 90.5 Å². The molecule has 3 aromatic rings. The summed E-state index contributed by atoms with van der Waals surface area (Å²) >= 11 is 0. The molecule has 2 amide bonds. The Morgan fingerprint density at radius 1 is 0.906 bits per heavy atom. The molecule has 1 aliphatic heterocycles. The Bertz CT molecular complexity index is 1130. The van der Waals surface area contributed by atoms with E-state index in [9.17, 15) is 9.59 Å². The van der Waals surface area contributed by atoms with Crippen molar-refractivity contribution in [3.8, 4) is 11.1 Å². The Balaban J connectivity index is 1.44. The van der Waals surface area contributed by atoms with Gasteiger partial charge in [-0.2, -0.15) is 0 Å². The van der Waals surface area contributed by atoms with Crippen LogP contribution in [0.3, 0.4) is 0 Å². The summed E-state index contributed by atoms with van der Waals surface area (Å²) < 4.78 is 0. The summed E-state index contributed by atoms with van der Waals surface area (Å²) in [6, 6.07) is 28.2. The highest BCUT2D eigenvalue weighted by atomic mass is 16.2. The Hall–Kier alpha value is -3.44. The number of nitrogens with two attached hydrogens (primary N) is 1. The van der Waals surface area contributed by atoms with Crippen LogP contribution < -0.4 is 10.6 Å². The average molecular weight is 426 g/mol. The molecular weight excluding hydrogens is 398 g/mol. The van der Waals surface area contributed by atoms with Crippen molar-refractivity contribution >= 4 is 17.5 Å². The van der Waals surface area contributed by atoms with Crippen molar-refractivity contribution in [3.63, 3.8) is 0 Å². The second kappa shape index (κ2) is 8.24. The molecule has 5 heteroatoms. The summed E-state index contributed by atoms with van der Waals surface area (Å²) in [6.07, 6.45) is 2.07. The minimum atomic E-state index is -0.787.